The van der Waals surface area contributed by atoms with Crippen molar-refractivity contribution >= 4 is 15.8 Å². The molecular formula is C20H27NO4S. The summed E-state index contributed by atoms with van der Waals surface area (Å²) in [7, 11) is -3.92. The summed E-state index contributed by atoms with van der Waals surface area (Å²) in [6.07, 6.45) is 2.96. The molecule has 0 unspecified atom stereocenters. The maximum atomic E-state index is 13.0. The molecule has 0 aliphatic heterocycles. The van der Waals surface area contributed by atoms with Crippen LogP contribution in [0.3, 0.4) is 0 Å². The molecule has 5 nitrogen and oxygen atoms in total. The van der Waals surface area contributed by atoms with Crippen molar-refractivity contribution in [2.24, 2.45) is 5.92 Å². The fourth-order valence-electron chi connectivity index (χ4n) is 2.72. The molecule has 0 aromatic heterocycles. The van der Waals surface area contributed by atoms with Crippen LogP contribution in [0.4, 0.5) is 0 Å². The number of nitrogens with zero attached hydrogens (tertiary/aromatic N) is 1. The van der Waals surface area contributed by atoms with Gasteiger partial charge in [0.2, 0.25) is 0 Å². The first-order chi connectivity index (χ1) is 12.3. The second-order valence-corrected chi connectivity index (χ2v) is 8.27. The number of carbonyl (C=O) groups excluding carboxylic acids is 1. The van der Waals surface area contributed by atoms with E-state index in [1.54, 1.807) is 19.1 Å². The monoisotopic (exact) mass is 377 g/mol. The average molecular weight is 378 g/mol. The first-order valence-corrected chi connectivity index (χ1v) is 10.4. The van der Waals surface area contributed by atoms with Crippen LogP contribution in [0.2, 0.25) is 0 Å². The van der Waals surface area contributed by atoms with Gasteiger partial charge in [-0.15, -0.1) is 0 Å². The van der Waals surface area contributed by atoms with Gasteiger partial charge in [0.05, 0.1) is 17.4 Å². The third kappa shape index (κ3) is 5.43. The van der Waals surface area contributed by atoms with E-state index in [2.05, 4.69) is 11.4 Å². The number of aryl methyl sites for hydroxylation is 1. The number of carbonyl (C=O) groups is 1. The first-order valence-electron chi connectivity index (χ1n) is 8.82. The van der Waals surface area contributed by atoms with Gasteiger partial charge in [-0.05, 0) is 32.4 Å². The van der Waals surface area contributed by atoms with Crippen molar-refractivity contribution in [2.75, 3.05) is 6.61 Å². The van der Waals surface area contributed by atoms with Crippen molar-refractivity contribution in [1.29, 1.82) is 0 Å². The Hall–Kier alpha value is -2.13. The summed E-state index contributed by atoms with van der Waals surface area (Å²) >= 11 is 0. The van der Waals surface area contributed by atoms with E-state index in [4.69, 9.17) is 11.3 Å². The zero-order valence-corrected chi connectivity index (χ0v) is 16.5. The van der Waals surface area contributed by atoms with Crippen LogP contribution in [-0.4, -0.2) is 26.4 Å². The van der Waals surface area contributed by atoms with Gasteiger partial charge in [-0.25, -0.2) is 19.8 Å². The van der Waals surface area contributed by atoms with Crippen molar-refractivity contribution in [3.05, 3.63) is 53.4 Å². The number of unbranched alkanes of at least 4 members (excludes halogenated alkanes) is 2. The van der Waals surface area contributed by atoms with Crippen LogP contribution in [-0.2, 0) is 19.4 Å². The molecule has 2 atom stereocenters. The Balaban J connectivity index is 3.25. The number of esters is 1. The lowest BCUT2D eigenvalue weighted by Crippen LogP contribution is -2.31. The number of sulfone groups is 1. The van der Waals surface area contributed by atoms with E-state index in [9.17, 15) is 13.2 Å². The number of ether oxygens (including phenoxy) is 1. The molecule has 6 heteroatoms. The highest BCUT2D eigenvalue weighted by molar-refractivity contribution is 7.92. The third-order valence-corrected chi connectivity index (χ3v) is 6.24. The SMILES string of the molecule is [C-]#[N+][C@@H]([C@H](CCCCC)C(=C)C(=O)OCC)S(=O)(=O)c1ccc(C)cc1. The maximum absolute atomic E-state index is 13.0. The molecule has 0 fully saturated rings. The highest BCUT2D eigenvalue weighted by Crippen LogP contribution is 2.31. The molecule has 0 bridgehead atoms. The highest BCUT2D eigenvalue weighted by atomic mass is 32.2. The van der Waals surface area contributed by atoms with E-state index in [0.717, 1.165) is 24.8 Å². The quantitative estimate of drug-likeness (QED) is 0.263. The van der Waals surface area contributed by atoms with Crippen LogP contribution in [0, 0.1) is 19.4 Å². The van der Waals surface area contributed by atoms with Crippen molar-refractivity contribution in [2.45, 2.75) is 56.7 Å². The predicted molar refractivity (Wildman–Crippen MR) is 102 cm³/mol. The van der Waals surface area contributed by atoms with E-state index in [0.29, 0.717) is 6.42 Å². The molecule has 0 heterocycles. The Morgan fingerprint density at radius 1 is 1.23 bits per heavy atom. The molecule has 1 aromatic carbocycles. The lowest BCUT2D eigenvalue weighted by atomic mass is 9.93. The molecule has 0 spiro atoms. The molecule has 0 N–H and O–H groups in total. The minimum Gasteiger partial charge on any atom is -0.463 e. The summed E-state index contributed by atoms with van der Waals surface area (Å²) in [6, 6.07) is 6.39. The van der Waals surface area contributed by atoms with Gasteiger partial charge >= 0.3 is 11.3 Å². The topological polar surface area (TPSA) is 64.8 Å². The smallest absolute Gasteiger partial charge is 0.334 e. The van der Waals surface area contributed by atoms with Gasteiger partial charge in [-0.2, -0.15) is 0 Å². The normalized spacial score (nSPS) is 13.5. The predicted octanol–water partition coefficient (Wildman–Crippen LogP) is 4.33. The van der Waals surface area contributed by atoms with Gasteiger partial charge in [0.25, 0.3) is 9.84 Å². The lowest BCUT2D eigenvalue weighted by Gasteiger charge is -2.20. The molecule has 0 aliphatic carbocycles. The molecule has 0 saturated carbocycles. The standard InChI is InChI=1S/C20H27NO4S/c1-6-8-9-10-18(16(4)20(22)25-7-2)19(21-5)26(23,24)17-13-11-15(3)12-14-17/h11-14,18-19H,4,6-10H2,1-3H3/t18-,19-/m1/s1. The van der Waals surface area contributed by atoms with Crippen molar-refractivity contribution in [1.82, 2.24) is 0 Å². The second-order valence-electron chi connectivity index (χ2n) is 6.23. The molecule has 0 aliphatic rings. The van der Waals surface area contributed by atoms with Gasteiger partial charge < -0.3 is 4.74 Å². The maximum Gasteiger partial charge on any atom is 0.334 e. The summed E-state index contributed by atoms with van der Waals surface area (Å²) in [5, 5.41) is -1.39. The number of hydrogen-bond acceptors (Lipinski definition) is 4. The van der Waals surface area contributed by atoms with E-state index in [-0.39, 0.29) is 17.1 Å². The Bertz CT molecular complexity index is 760. The summed E-state index contributed by atoms with van der Waals surface area (Å²) in [5.41, 5.74) is 0.985. The highest BCUT2D eigenvalue weighted by Gasteiger charge is 2.43. The summed E-state index contributed by atoms with van der Waals surface area (Å²) in [6.45, 7) is 17.0. The summed E-state index contributed by atoms with van der Waals surface area (Å²) in [4.78, 5) is 15.6. The fourth-order valence-corrected chi connectivity index (χ4v) is 4.39. The second kappa shape index (κ2) is 10.1. The van der Waals surface area contributed by atoms with Crippen LogP contribution in [0.25, 0.3) is 4.85 Å². The first kappa shape index (κ1) is 21.9. The molecule has 0 radical (unpaired) electrons. The summed E-state index contributed by atoms with van der Waals surface area (Å²) in [5.74, 6) is -1.42. The van der Waals surface area contributed by atoms with Crippen molar-refractivity contribution in [3.8, 4) is 0 Å². The molecule has 0 saturated heterocycles. The molecule has 1 aromatic rings. The Morgan fingerprint density at radius 2 is 1.85 bits per heavy atom. The van der Waals surface area contributed by atoms with Gasteiger partial charge in [0, 0.05) is 5.57 Å². The van der Waals surface area contributed by atoms with E-state index in [1.165, 1.54) is 12.1 Å². The van der Waals surface area contributed by atoms with Gasteiger partial charge in [0.1, 0.15) is 0 Å². The number of benzene rings is 1. The van der Waals surface area contributed by atoms with E-state index in [1.807, 2.05) is 13.8 Å². The van der Waals surface area contributed by atoms with Crippen molar-refractivity contribution in [3.63, 3.8) is 0 Å². The average Bonchev–Trinajstić information content (AvgIpc) is 2.61. The van der Waals surface area contributed by atoms with Crippen LogP contribution < -0.4 is 0 Å². The van der Waals surface area contributed by atoms with Gasteiger partial charge in [-0.3, -0.25) is 4.85 Å². The number of rotatable bonds is 10. The molecule has 142 valence electrons. The molecule has 1 rings (SSSR count). The molecule has 0 amide bonds. The minimum atomic E-state index is -3.92. The van der Waals surface area contributed by atoms with Crippen LogP contribution in [0.15, 0.2) is 41.3 Å². The van der Waals surface area contributed by atoms with Crippen molar-refractivity contribution < 1.29 is 17.9 Å². The Morgan fingerprint density at radius 3 is 2.35 bits per heavy atom. The summed E-state index contributed by atoms with van der Waals surface area (Å²) < 4.78 is 31.0. The largest absolute Gasteiger partial charge is 0.463 e. The third-order valence-electron chi connectivity index (χ3n) is 4.24. The fraction of sp³-hybridized carbons (Fsp3) is 0.500. The van der Waals surface area contributed by atoms with Gasteiger partial charge in [-0.1, -0.05) is 50.5 Å². The van der Waals surface area contributed by atoms with Crippen LogP contribution in [0.5, 0.6) is 0 Å². The minimum absolute atomic E-state index is 0.0552. The molecule has 26 heavy (non-hydrogen) atoms. The lowest BCUT2D eigenvalue weighted by molar-refractivity contribution is -0.139. The van der Waals surface area contributed by atoms with Crippen LogP contribution >= 0.6 is 0 Å². The van der Waals surface area contributed by atoms with E-state index >= 15 is 0 Å². The van der Waals surface area contributed by atoms with E-state index < -0.39 is 27.1 Å². The molecular weight excluding hydrogens is 350 g/mol. The zero-order valence-electron chi connectivity index (χ0n) is 15.7. The number of hydrogen-bond donors (Lipinski definition) is 0. The zero-order chi connectivity index (χ0) is 19.7. The Kier molecular flexibility index (Phi) is 8.53. The Labute approximate surface area is 156 Å². The van der Waals surface area contributed by atoms with Gasteiger partial charge in [0.15, 0.2) is 0 Å². The van der Waals surface area contributed by atoms with Crippen LogP contribution in [0.1, 0.15) is 45.1 Å².